The minimum atomic E-state index is -0.485. The van der Waals surface area contributed by atoms with E-state index in [1.165, 1.54) is 24.3 Å². The zero-order chi connectivity index (χ0) is 20.4. The van der Waals surface area contributed by atoms with Crippen LogP contribution in [0.25, 0.3) is 22.2 Å². The van der Waals surface area contributed by atoms with Gasteiger partial charge in [-0.3, -0.25) is 20.2 Å². The standard InChI is InChI=1S/C20H13N5O4/c26-24(27)15-8-4-7-14(11-15)21-20-22-18-10-9-16(25(28)29)12-17(18)19(23-20)13-5-2-1-3-6-13/h1-12H,(H,21,22,23). The smallest absolute Gasteiger partial charge is 0.271 e. The van der Waals surface area contributed by atoms with Crippen molar-refractivity contribution in [1.29, 1.82) is 0 Å². The zero-order valence-electron chi connectivity index (χ0n) is 14.9. The normalized spacial score (nSPS) is 10.6. The van der Waals surface area contributed by atoms with Crippen LogP contribution in [0.1, 0.15) is 0 Å². The number of fused-ring (bicyclic) bond motifs is 1. The number of nitro benzene ring substituents is 2. The second-order valence-corrected chi connectivity index (χ2v) is 6.15. The van der Waals surface area contributed by atoms with Crippen LogP contribution in [-0.2, 0) is 0 Å². The van der Waals surface area contributed by atoms with Crippen molar-refractivity contribution in [3.05, 3.63) is 93.0 Å². The molecule has 0 atom stereocenters. The third kappa shape index (κ3) is 3.69. The summed E-state index contributed by atoms with van der Waals surface area (Å²) < 4.78 is 0. The molecule has 0 bridgehead atoms. The van der Waals surface area contributed by atoms with E-state index in [2.05, 4.69) is 15.3 Å². The van der Waals surface area contributed by atoms with Gasteiger partial charge in [0, 0.05) is 40.9 Å². The van der Waals surface area contributed by atoms with E-state index in [1.54, 1.807) is 18.2 Å². The summed E-state index contributed by atoms with van der Waals surface area (Å²) in [5, 5.41) is 25.7. The van der Waals surface area contributed by atoms with Gasteiger partial charge in [-0.05, 0) is 12.1 Å². The van der Waals surface area contributed by atoms with Crippen molar-refractivity contribution in [2.45, 2.75) is 0 Å². The van der Waals surface area contributed by atoms with Crippen LogP contribution >= 0.6 is 0 Å². The molecule has 4 aromatic rings. The highest BCUT2D eigenvalue weighted by atomic mass is 16.6. The van der Waals surface area contributed by atoms with Gasteiger partial charge in [0.25, 0.3) is 11.4 Å². The van der Waals surface area contributed by atoms with Crippen LogP contribution in [-0.4, -0.2) is 19.8 Å². The molecule has 0 saturated heterocycles. The molecule has 4 rings (SSSR count). The Morgan fingerprint density at radius 3 is 2.21 bits per heavy atom. The lowest BCUT2D eigenvalue weighted by Crippen LogP contribution is -2.01. The maximum Gasteiger partial charge on any atom is 0.271 e. The van der Waals surface area contributed by atoms with Gasteiger partial charge in [-0.2, -0.15) is 0 Å². The average molecular weight is 387 g/mol. The van der Waals surface area contributed by atoms with E-state index in [9.17, 15) is 20.2 Å². The molecule has 0 unspecified atom stereocenters. The van der Waals surface area contributed by atoms with Crippen LogP contribution in [0.15, 0.2) is 72.8 Å². The first-order chi connectivity index (χ1) is 14.0. The van der Waals surface area contributed by atoms with Gasteiger partial charge in [0.05, 0.1) is 21.1 Å². The Kier molecular flexibility index (Phi) is 4.54. The lowest BCUT2D eigenvalue weighted by atomic mass is 10.1. The first-order valence-electron chi connectivity index (χ1n) is 8.54. The molecule has 0 radical (unpaired) electrons. The fourth-order valence-corrected chi connectivity index (χ4v) is 2.93. The number of anilines is 2. The van der Waals surface area contributed by atoms with E-state index in [0.717, 1.165) is 5.56 Å². The average Bonchev–Trinajstić information content (AvgIpc) is 2.73. The predicted molar refractivity (Wildman–Crippen MR) is 108 cm³/mol. The van der Waals surface area contributed by atoms with E-state index in [1.807, 2.05) is 30.3 Å². The molecule has 9 nitrogen and oxygen atoms in total. The van der Waals surface area contributed by atoms with Gasteiger partial charge >= 0.3 is 0 Å². The highest BCUT2D eigenvalue weighted by Crippen LogP contribution is 2.31. The summed E-state index contributed by atoms with van der Waals surface area (Å²) in [6, 6.07) is 19.6. The predicted octanol–water partition coefficient (Wildman–Crippen LogP) is 4.86. The second kappa shape index (κ2) is 7.31. The minimum Gasteiger partial charge on any atom is -0.324 e. The van der Waals surface area contributed by atoms with Crippen LogP contribution in [0.4, 0.5) is 23.0 Å². The summed E-state index contributed by atoms with van der Waals surface area (Å²) in [6.07, 6.45) is 0. The molecule has 1 aromatic heterocycles. The molecule has 9 heteroatoms. The summed E-state index contributed by atoms with van der Waals surface area (Å²) in [4.78, 5) is 30.2. The lowest BCUT2D eigenvalue weighted by molar-refractivity contribution is -0.384. The molecule has 0 aliphatic heterocycles. The Labute approximate surface area is 164 Å². The van der Waals surface area contributed by atoms with Gasteiger partial charge in [0.15, 0.2) is 0 Å². The molecule has 29 heavy (non-hydrogen) atoms. The number of nitrogens with one attached hydrogen (secondary N) is 1. The van der Waals surface area contributed by atoms with Crippen LogP contribution in [0, 0.1) is 20.2 Å². The molecule has 142 valence electrons. The van der Waals surface area contributed by atoms with Gasteiger partial charge in [0.2, 0.25) is 5.95 Å². The highest BCUT2D eigenvalue weighted by molar-refractivity contribution is 5.94. The molecule has 0 aliphatic rings. The molecule has 0 spiro atoms. The maximum atomic E-state index is 11.2. The number of hydrogen-bond donors (Lipinski definition) is 1. The summed E-state index contributed by atoms with van der Waals surface area (Å²) in [7, 11) is 0. The fourth-order valence-electron chi connectivity index (χ4n) is 2.93. The van der Waals surface area contributed by atoms with Crippen molar-refractivity contribution in [2.75, 3.05) is 5.32 Å². The monoisotopic (exact) mass is 387 g/mol. The number of nitrogens with zero attached hydrogens (tertiary/aromatic N) is 4. The summed E-state index contributed by atoms with van der Waals surface area (Å²) >= 11 is 0. The van der Waals surface area contributed by atoms with Gasteiger partial charge in [-0.1, -0.05) is 36.4 Å². The SMILES string of the molecule is O=[N+]([O-])c1cccc(Nc2nc(-c3ccccc3)c3cc([N+](=O)[O-])ccc3n2)c1. The lowest BCUT2D eigenvalue weighted by Gasteiger charge is -2.10. The number of non-ortho nitro benzene ring substituents is 2. The molecule has 0 amide bonds. The third-order valence-electron chi connectivity index (χ3n) is 4.25. The summed E-state index contributed by atoms with van der Waals surface area (Å²) in [6.45, 7) is 0. The number of aromatic nitrogens is 2. The van der Waals surface area contributed by atoms with E-state index >= 15 is 0 Å². The summed E-state index contributed by atoms with van der Waals surface area (Å²) in [5.41, 5.74) is 2.14. The quantitative estimate of drug-likeness (QED) is 0.383. The number of benzene rings is 3. The second-order valence-electron chi connectivity index (χ2n) is 6.15. The van der Waals surface area contributed by atoms with Crippen molar-refractivity contribution in [3.8, 4) is 11.3 Å². The Bertz CT molecular complexity index is 1240. The van der Waals surface area contributed by atoms with Crippen LogP contribution < -0.4 is 5.32 Å². The van der Waals surface area contributed by atoms with Gasteiger partial charge in [0.1, 0.15) is 0 Å². The van der Waals surface area contributed by atoms with E-state index in [0.29, 0.717) is 22.3 Å². The Morgan fingerprint density at radius 2 is 1.48 bits per heavy atom. The topological polar surface area (TPSA) is 124 Å². The summed E-state index contributed by atoms with van der Waals surface area (Å²) in [5.74, 6) is 0.228. The number of hydrogen-bond acceptors (Lipinski definition) is 7. The van der Waals surface area contributed by atoms with Gasteiger partial charge < -0.3 is 5.32 Å². The molecule has 0 fully saturated rings. The van der Waals surface area contributed by atoms with E-state index in [4.69, 9.17) is 0 Å². The Balaban J connectivity index is 1.86. The molecule has 1 N–H and O–H groups in total. The van der Waals surface area contributed by atoms with Crippen LogP contribution in [0.2, 0.25) is 0 Å². The van der Waals surface area contributed by atoms with Crippen molar-refractivity contribution < 1.29 is 9.85 Å². The van der Waals surface area contributed by atoms with Crippen molar-refractivity contribution in [2.24, 2.45) is 0 Å². The van der Waals surface area contributed by atoms with Crippen molar-refractivity contribution in [3.63, 3.8) is 0 Å². The van der Waals surface area contributed by atoms with Crippen molar-refractivity contribution >= 4 is 33.9 Å². The molecular formula is C20H13N5O4. The minimum absolute atomic E-state index is 0.0577. The Hall–Kier alpha value is -4.40. The van der Waals surface area contributed by atoms with Gasteiger partial charge in [-0.25, -0.2) is 9.97 Å². The van der Waals surface area contributed by atoms with E-state index < -0.39 is 9.85 Å². The largest absolute Gasteiger partial charge is 0.324 e. The highest BCUT2D eigenvalue weighted by Gasteiger charge is 2.15. The zero-order valence-corrected chi connectivity index (χ0v) is 14.9. The number of nitro groups is 2. The molecule has 1 heterocycles. The van der Waals surface area contributed by atoms with Crippen LogP contribution in [0.3, 0.4) is 0 Å². The maximum absolute atomic E-state index is 11.2. The first-order valence-corrected chi connectivity index (χ1v) is 8.54. The first kappa shape index (κ1) is 18.0. The van der Waals surface area contributed by atoms with E-state index in [-0.39, 0.29) is 17.3 Å². The number of rotatable bonds is 5. The third-order valence-corrected chi connectivity index (χ3v) is 4.25. The fraction of sp³-hybridized carbons (Fsp3) is 0. The van der Waals surface area contributed by atoms with Gasteiger partial charge in [-0.15, -0.1) is 0 Å². The molecule has 3 aromatic carbocycles. The molecule has 0 aliphatic carbocycles. The molecular weight excluding hydrogens is 374 g/mol. The van der Waals surface area contributed by atoms with Crippen LogP contribution in [0.5, 0.6) is 0 Å². The Morgan fingerprint density at radius 1 is 0.759 bits per heavy atom. The van der Waals surface area contributed by atoms with Crippen molar-refractivity contribution in [1.82, 2.24) is 9.97 Å². The molecule has 0 saturated carbocycles.